The summed E-state index contributed by atoms with van der Waals surface area (Å²) in [5.74, 6) is 0.647. The number of hydrogen-bond acceptors (Lipinski definition) is 8. The molecule has 1 heterocycles. The molecule has 5 N–H and O–H groups in total. The Kier molecular flexibility index (Phi) is 6.53. The van der Waals surface area contributed by atoms with E-state index in [-0.39, 0.29) is 0 Å². The molecule has 1 aromatic carbocycles. The zero-order valence-electron chi connectivity index (χ0n) is 13.5. The summed E-state index contributed by atoms with van der Waals surface area (Å²) in [5, 5.41) is 48.9. The lowest BCUT2D eigenvalue weighted by Crippen LogP contribution is -2.59. The monoisotopic (exact) mass is 344 g/mol. The van der Waals surface area contributed by atoms with Gasteiger partial charge in [-0.25, -0.2) is 0 Å². The van der Waals surface area contributed by atoms with E-state index in [1.807, 2.05) is 0 Å². The molecule has 0 unspecified atom stereocenters. The minimum absolute atomic E-state index is 0.541. The minimum Gasteiger partial charge on any atom is -0.497 e. The predicted molar refractivity (Wildman–Crippen MR) is 82.3 cm³/mol. The molecular formula is C16H24O8. The van der Waals surface area contributed by atoms with Gasteiger partial charge in [-0.05, 0) is 24.6 Å². The van der Waals surface area contributed by atoms with E-state index in [2.05, 4.69) is 0 Å². The summed E-state index contributed by atoms with van der Waals surface area (Å²) in [5.41, 5.74) is 0.577. The molecule has 0 spiro atoms. The first-order chi connectivity index (χ1) is 11.4. The molecule has 8 heteroatoms. The largest absolute Gasteiger partial charge is 0.497 e. The fourth-order valence-corrected chi connectivity index (χ4v) is 2.54. The summed E-state index contributed by atoms with van der Waals surface area (Å²) in [6.07, 6.45) is -8.61. The van der Waals surface area contributed by atoms with Crippen molar-refractivity contribution in [2.24, 2.45) is 0 Å². The molecule has 1 aliphatic heterocycles. The van der Waals surface area contributed by atoms with Crippen molar-refractivity contribution in [2.75, 3.05) is 13.7 Å². The third kappa shape index (κ3) is 4.04. The molecule has 0 amide bonds. The number of ether oxygens (including phenoxy) is 3. The summed E-state index contributed by atoms with van der Waals surface area (Å²) in [4.78, 5) is 0. The highest BCUT2D eigenvalue weighted by atomic mass is 16.7. The van der Waals surface area contributed by atoms with Crippen LogP contribution in [0.3, 0.4) is 0 Å². The third-order valence-electron chi connectivity index (χ3n) is 4.10. The highest BCUT2D eigenvalue weighted by molar-refractivity contribution is 5.28. The molecule has 1 aromatic rings. The van der Waals surface area contributed by atoms with E-state index in [1.54, 1.807) is 31.2 Å². The average Bonchev–Trinajstić information content (AvgIpc) is 2.61. The third-order valence-corrected chi connectivity index (χ3v) is 4.10. The van der Waals surface area contributed by atoms with E-state index in [0.29, 0.717) is 11.3 Å². The van der Waals surface area contributed by atoms with Gasteiger partial charge in [-0.1, -0.05) is 12.1 Å². The summed E-state index contributed by atoms with van der Waals surface area (Å²) in [6, 6.07) is 6.74. The van der Waals surface area contributed by atoms with Gasteiger partial charge in [0.2, 0.25) is 0 Å². The number of hydrogen-bond donors (Lipinski definition) is 5. The Morgan fingerprint density at radius 3 is 2.25 bits per heavy atom. The summed E-state index contributed by atoms with van der Waals surface area (Å²) < 4.78 is 15.8. The van der Waals surface area contributed by atoms with Crippen LogP contribution in [0.25, 0.3) is 0 Å². The van der Waals surface area contributed by atoms with E-state index in [0.717, 1.165) is 0 Å². The Balaban J connectivity index is 2.02. The Hall–Kier alpha value is -1.26. The van der Waals surface area contributed by atoms with Crippen LogP contribution in [0.4, 0.5) is 0 Å². The number of benzene rings is 1. The Morgan fingerprint density at radius 2 is 1.71 bits per heavy atom. The van der Waals surface area contributed by atoms with Crippen LogP contribution in [0.5, 0.6) is 5.75 Å². The predicted octanol–water partition coefficient (Wildman–Crippen LogP) is -1.07. The first-order valence-electron chi connectivity index (χ1n) is 7.67. The Morgan fingerprint density at radius 1 is 1.08 bits per heavy atom. The first kappa shape index (κ1) is 19.1. The lowest BCUT2D eigenvalue weighted by Gasteiger charge is -2.41. The van der Waals surface area contributed by atoms with Crippen LogP contribution >= 0.6 is 0 Å². The second-order valence-corrected chi connectivity index (χ2v) is 5.76. The van der Waals surface area contributed by atoms with Crippen molar-refractivity contribution in [3.8, 4) is 5.75 Å². The number of aliphatic hydroxyl groups excluding tert-OH is 5. The number of rotatable bonds is 6. The molecule has 0 aliphatic carbocycles. The number of methoxy groups -OCH3 is 1. The molecule has 136 valence electrons. The topological polar surface area (TPSA) is 129 Å². The van der Waals surface area contributed by atoms with Crippen molar-refractivity contribution < 1.29 is 39.7 Å². The normalized spacial score (nSPS) is 33.0. The first-order valence-corrected chi connectivity index (χ1v) is 7.67. The molecule has 2 rings (SSSR count). The van der Waals surface area contributed by atoms with Gasteiger partial charge in [0.15, 0.2) is 6.29 Å². The summed E-state index contributed by atoms with van der Waals surface area (Å²) in [6.45, 7) is 1.04. The molecule has 24 heavy (non-hydrogen) atoms. The van der Waals surface area contributed by atoms with Crippen LogP contribution in [-0.4, -0.2) is 76.1 Å². The van der Waals surface area contributed by atoms with E-state index < -0.39 is 49.5 Å². The Labute approximate surface area is 139 Å². The van der Waals surface area contributed by atoms with Crippen molar-refractivity contribution >= 4 is 0 Å². The molecular weight excluding hydrogens is 320 g/mol. The van der Waals surface area contributed by atoms with E-state index >= 15 is 0 Å². The second-order valence-electron chi connectivity index (χ2n) is 5.76. The smallest absolute Gasteiger partial charge is 0.187 e. The van der Waals surface area contributed by atoms with Gasteiger partial charge in [-0.3, -0.25) is 0 Å². The van der Waals surface area contributed by atoms with Gasteiger partial charge in [0.1, 0.15) is 36.3 Å². The zero-order chi connectivity index (χ0) is 17.9. The average molecular weight is 344 g/mol. The Bertz CT molecular complexity index is 505. The quantitative estimate of drug-likeness (QED) is 0.441. The molecule has 7 atom stereocenters. The molecule has 1 aliphatic rings. The van der Waals surface area contributed by atoms with Gasteiger partial charge in [0.05, 0.1) is 19.8 Å². The van der Waals surface area contributed by atoms with Crippen LogP contribution in [0.1, 0.15) is 18.6 Å². The fourth-order valence-electron chi connectivity index (χ4n) is 2.54. The maximum Gasteiger partial charge on any atom is 0.187 e. The molecule has 0 radical (unpaired) electrons. The van der Waals surface area contributed by atoms with Crippen LogP contribution < -0.4 is 4.74 Å². The van der Waals surface area contributed by atoms with E-state index in [4.69, 9.17) is 19.3 Å². The maximum atomic E-state index is 10.3. The molecule has 1 fully saturated rings. The molecule has 0 saturated carbocycles. The van der Waals surface area contributed by atoms with Gasteiger partial charge < -0.3 is 39.7 Å². The van der Waals surface area contributed by atoms with Crippen molar-refractivity contribution in [1.29, 1.82) is 0 Å². The van der Waals surface area contributed by atoms with Crippen LogP contribution in [0, 0.1) is 0 Å². The van der Waals surface area contributed by atoms with Gasteiger partial charge in [-0.15, -0.1) is 0 Å². The van der Waals surface area contributed by atoms with Crippen molar-refractivity contribution in [3.63, 3.8) is 0 Å². The zero-order valence-corrected chi connectivity index (χ0v) is 13.5. The van der Waals surface area contributed by atoms with Crippen molar-refractivity contribution in [2.45, 2.75) is 49.8 Å². The lowest BCUT2D eigenvalue weighted by atomic mass is 9.99. The van der Waals surface area contributed by atoms with Crippen LogP contribution in [0.15, 0.2) is 24.3 Å². The highest BCUT2D eigenvalue weighted by Gasteiger charge is 2.44. The lowest BCUT2D eigenvalue weighted by molar-refractivity contribution is -0.315. The second kappa shape index (κ2) is 8.21. The fraction of sp³-hybridized carbons (Fsp3) is 0.625. The molecule has 0 aromatic heterocycles. The summed E-state index contributed by atoms with van der Waals surface area (Å²) >= 11 is 0. The molecule has 8 nitrogen and oxygen atoms in total. The maximum absolute atomic E-state index is 10.3. The van der Waals surface area contributed by atoms with Gasteiger partial charge >= 0.3 is 0 Å². The number of aliphatic hydroxyl groups is 5. The molecule has 1 saturated heterocycles. The van der Waals surface area contributed by atoms with Gasteiger partial charge in [0.25, 0.3) is 0 Å². The van der Waals surface area contributed by atoms with Crippen molar-refractivity contribution in [1.82, 2.24) is 0 Å². The van der Waals surface area contributed by atoms with Gasteiger partial charge in [0, 0.05) is 0 Å². The van der Waals surface area contributed by atoms with Gasteiger partial charge in [-0.2, -0.15) is 0 Å². The van der Waals surface area contributed by atoms with Crippen LogP contribution in [-0.2, 0) is 9.47 Å². The van der Waals surface area contributed by atoms with E-state index in [1.165, 1.54) is 7.11 Å². The van der Waals surface area contributed by atoms with E-state index in [9.17, 15) is 20.4 Å². The van der Waals surface area contributed by atoms with Crippen LogP contribution in [0.2, 0.25) is 0 Å². The highest BCUT2D eigenvalue weighted by Crippen LogP contribution is 2.27. The van der Waals surface area contributed by atoms with Crippen molar-refractivity contribution in [3.05, 3.63) is 29.8 Å². The summed E-state index contributed by atoms with van der Waals surface area (Å²) in [7, 11) is 1.54. The molecule has 0 bridgehead atoms. The standard InChI is InChI=1S/C16H24O8/c1-8(12(18)9-3-5-10(22-2)6-4-9)23-16-15(21)14(20)13(19)11(7-17)24-16/h3-6,8,11-21H,7H2,1-2H3/t8-,11+,12+,13-,14-,15-,16+/m1/s1. The SMILES string of the molecule is COc1ccc([C@@H](O)[C@@H](C)O[C@H]2O[C@@H](CO)[C@@H](O)[C@@H](O)[C@H]2O)cc1. The minimum atomic E-state index is -1.52.